The minimum Gasteiger partial charge on any atom is -0.481 e. The first-order valence-corrected chi connectivity index (χ1v) is 22.3. The van der Waals surface area contributed by atoms with Crippen molar-refractivity contribution in [3.05, 3.63) is 119 Å². The Bertz CT molecular complexity index is 2530. The van der Waals surface area contributed by atoms with Gasteiger partial charge in [-0.25, -0.2) is 0 Å². The number of nitrogens with zero attached hydrogens (tertiary/aromatic N) is 2. The number of carboxylic acid groups (broad SMARTS) is 1. The Morgan fingerprint density at radius 1 is 0.732 bits per heavy atom. The Kier molecular flexibility index (Phi) is 11.8. The van der Waals surface area contributed by atoms with Crippen LogP contribution >= 0.6 is 0 Å². The zero-order valence-corrected chi connectivity index (χ0v) is 34.0. The van der Waals surface area contributed by atoms with Gasteiger partial charge in [0.25, 0.3) is 20.2 Å². The van der Waals surface area contributed by atoms with E-state index in [0.717, 1.165) is 61.0 Å². The second-order valence-electron chi connectivity index (χ2n) is 15.8. The Labute approximate surface area is 330 Å². The van der Waals surface area contributed by atoms with Crippen LogP contribution in [0.1, 0.15) is 77.3 Å². The smallest absolute Gasteiger partial charge is 0.303 e. The van der Waals surface area contributed by atoms with Gasteiger partial charge >= 0.3 is 5.97 Å². The zero-order chi connectivity index (χ0) is 40.5. The summed E-state index contributed by atoms with van der Waals surface area (Å²) in [5, 5.41) is 13.8. The topological polar surface area (TPSA) is 152 Å². The van der Waals surface area contributed by atoms with Crippen LogP contribution in [0.2, 0.25) is 0 Å². The molecular formula is C44H51N2O8S2+. The van der Waals surface area contributed by atoms with Crippen molar-refractivity contribution >= 4 is 64.8 Å². The molecule has 12 heteroatoms. The minimum absolute atomic E-state index is 0.0589. The van der Waals surface area contributed by atoms with Gasteiger partial charge in [-0.2, -0.15) is 21.4 Å². The van der Waals surface area contributed by atoms with Gasteiger partial charge in [0.1, 0.15) is 6.54 Å². The second kappa shape index (κ2) is 16.1. The van der Waals surface area contributed by atoms with Gasteiger partial charge in [-0.05, 0) is 90.4 Å². The molecule has 2 heterocycles. The van der Waals surface area contributed by atoms with Crippen LogP contribution in [0.5, 0.6) is 0 Å². The SMILES string of the molecule is CC1(C)C(=CC=C(C=CC2=[N+](CCCS(=O)(=O)O)c3ccc4ccccc4c3C2(C)C)CCCCC(=O)O)N(CCCS(=O)(=O)O)c2ccc3ccccc3c21. The molecule has 0 saturated carbocycles. The van der Waals surface area contributed by atoms with Crippen molar-refractivity contribution in [3.63, 3.8) is 0 Å². The third kappa shape index (κ3) is 8.83. The molecule has 2 aliphatic rings. The van der Waals surface area contributed by atoms with Crippen LogP contribution in [-0.2, 0) is 35.9 Å². The van der Waals surface area contributed by atoms with Crippen LogP contribution in [0, 0.1) is 0 Å². The molecule has 0 unspecified atom stereocenters. The monoisotopic (exact) mass is 799 g/mol. The largest absolute Gasteiger partial charge is 0.481 e. The van der Waals surface area contributed by atoms with Crippen molar-refractivity contribution in [2.24, 2.45) is 0 Å². The predicted molar refractivity (Wildman–Crippen MR) is 225 cm³/mol. The summed E-state index contributed by atoms with van der Waals surface area (Å²) < 4.78 is 68.2. The summed E-state index contributed by atoms with van der Waals surface area (Å²) in [4.78, 5) is 13.5. The first-order valence-electron chi connectivity index (χ1n) is 19.1. The molecule has 0 aromatic heterocycles. The first-order chi connectivity index (χ1) is 26.4. The number of unbranched alkanes of at least 4 members (excludes halogenated alkanes) is 1. The Morgan fingerprint density at radius 3 is 1.96 bits per heavy atom. The number of hydrogen-bond acceptors (Lipinski definition) is 6. The normalized spacial score (nSPS) is 17.4. The van der Waals surface area contributed by atoms with E-state index in [0.29, 0.717) is 32.4 Å². The van der Waals surface area contributed by atoms with Crippen molar-refractivity contribution in [1.82, 2.24) is 0 Å². The highest BCUT2D eigenvalue weighted by Crippen LogP contribution is 2.51. The molecule has 0 saturated heterocycles. The maximum Gasteiger partial charge on any atom is 0.303 e. The van der Waals surface area contributed by atoms with E-state index in [1.54, 1.807) is 0 Å². The molecule has 0 atom stereocenters. The summed E-state index contributed by atoms with van der Waals surface area (Å²) in [6.45, 7) is 9.37. The van der Waals surface area contributed by atoms with Gasteiger partial charge in [0.2, 0.25) is 5.69 Å². The third-order valence-electron chi connectivity index (χ3n) is 11.1. The van der Waals surface area contributed by atoms with Gasteiger partial charge in [-0.1, -0.05) is 80.6 Å². The van der Waals surface area contributed by atoms with Crippen LogP contribution < -0.4 is 4.90 Å². The lowest BCUT2D eigenvalue weighted by Crippen LogP contribution is -2.28. The summed E-state index contributed by atoms with van der Waals surface area (Å²) in [7, 11) is -8.30. The Hall–Kier alpha value is -4.62. The summed E-state index contributed by atoms with van der Waals surface area (Å²) in [5.41, 5.74) is 6.18. The van der Waals surface area contributed by atoms with Gasteiger partial charge in [-0.3, -0.25) is 13.9 Å². The molecule has 0 bridgehead atoms. The van der Waals surface area contributed by atoms with Crippen molar-refractivity contribution in [1.29, 1.82) is 0 Å². The highest BCUT2D eigenvalue weighted by molar-refractivity contribution is 7.86. The fraction of sp³-hybridized carbons (Fsp3) is 0.364. The highest BCUT2D eigenvalue weighted by Gasteiger charge is 2.45. The van der Waals surface area contributed by atoms with Crippen molar-refractivity contribution in [2.75, 3.05) is 29.5 Å². The maximum absolute atomic E-state index is 11.7. The van der Waals surface area contributed by atoms with Gasteiger partial charge in [0, 0.05) is 53.9 Å². The van der Waals surface area contributed by atoms with E-state index >= 15 is 0 Å². The molecule has 0 spiro atoms. The molecule has 56 heavy (non-hydrogen) atoms. The highest BCUT2D eigenvalue weighted by atomic mass is 32.2. The third-order valence-corrected chi connectivity index (χ3v) is 12.7. The Balaban J connectivity index is 1.45. The number of fused-ring (bicyclic) bond motifs is 6. The van der Waals surface area contributed by atoms with E-state index in [-0.39, 0.29) is 30.8 Å². The number of allylic oxidation sites excluding steroid dienone is 6. The molecule has 4 aromatic carbocycles. The van der Waals surface area contributed by atoms with E-state index in [2.05, 4.69) is 110 Å². The summed E-state index contributed by atoms with van der Waals surface area (Å²) >= 11 is 0. The lowest BCUT2D eigenvalue weighted by molar-refractivity contribution is -0.437. The zero-order valence-electron chi connectivity index (χ0n) is 32.4. The fourth-order valence-corrected chi connectivity index (χ4v) is 9.55. The molecule has 4 aromatic rings. The molecule has 0 amide bonds. The lowest BCUT2D eigenvalue weighted by atomic mass is 9.79. The van der Waals surface area contributed by atoms with Crippen LogP contribution in [-0.4, -0.2) is 71.9 Å². The van der Waals surface area contributed by atoms with Crippen molar-refractivity contribution in [2.45, 2.75) is 77.0 Å². The van der Waals surface area contributed by atoms with Gasteiger partial charge < -0.3 is 10.0 Å². The van der Waals surface area contributed by atoms with E-state index < -0.39 is 37.0 Å². The molecule has 6 rings (SSSR count). The van der Waals surface area contributed by atoms with Crippen LogP contribution in [0.3, 0.4) is 0 Å². The van der Waals surface area contributed by atoms with E-state index in [9.17, 15) is 35.8 Å². The van der Waals surface area contributed by atoms with Crippen LogP contribution in [0.25, 0.3) is 21.5 Å². The average Bonchev–Trinajstić information content (AvgIpc) is 3.48. The number of hydrogen-bond donors (Lipinski definition) is 3. The van der Waals surface area contributed by atoms with E-state index in [1.807, 2.05) is 24.3 Å². The number of carboxylic acids is 1. The summed E-state index contributed by atoms with van der Waals surface area (Å²) in [5.74, 6) is -1.57. The maximum atomic E-state index is 11.7. The van der Waals surface area contributed by atoms with Gasteiger partial charge in [0.15, 0.2) is 5.71 Å². The molecule has 0 aliphatic carbocycles. The quantitative estimate of drug-likeness (QED) is 0.0437. The first kappa shape index (κ1) is 41.0. The van der Waals surface area contributed by atoms with Crippen LogP contribution in [0.15, 0.2) is 108 Å². The van der Waals surface area contributed by atoms with Crippen molar-refractivity contribution in [3.8, 4) is 0 Å². The predicted octanol–water partition coefficient (Wildman–Crippen LogP) is 8.73. The number of benzene rings is 4. The number of rotatable bonds is 16. The lowest BCUT2D eigenvalue weighted by Gasteiger charge is -2.27. The van der Waals surface area contributed by atoms with Gasteiger partial charge in [-0.15, -0.1) is 0 Å². The standard InChI is InChI=1S/C44H50N2O8S2/c1-43(2)38(45(27-11-29-55(49,50)51)36-23-21-32-14-6-8-16-34(32)41(36)43)25-19-31(13-5-10-18-40(47)48)20-26-39-44(3,4)42-35-17-9-7-15-33(35)22-24-37(42)46(39)28-12-30-56(52,53)54/h6-9,14-17,19-26H,5,10-13,18,27-30H2,1-4H3,(H2-,47,48,49,50,51,52,53,54)/p+1. The summed E-state index contributed by atoms with van der Waals surface area (Å²) in [6.07, 6.45) is 10.5. The number of aliphatic carboxylic acids is 1. The Morgan fingerprint density at radius 2 is 1.32 bits per heavy atom. The molecular weight excluding hydrogens is 749 g/mol. The van der Waals surface area contributed by atoms with Crippen LogP contribution in [0.4, 0.5) is 11.4 Å². The fourth-order valence-electron chi connectivity index (χ4n) is 8.56. The van der Waals surface area contributed by atoms with E-state index in [4.69, 9.17) is 0 Å². The summed E-state index contributed by atoms with van der Waals surface area (Å²) in [6, 6.07) is 24.7. The van der Waals surface area contributed by atoms with Crippen molar-refractivity contribution < 1.29 is 40.4 Å². The molecule has 2 aliphatic heterocycles. The molecule has 3 N–H and O–H groups in total. The number of carbonyl (C=O) groups is 1. The average molecular weight is 800 g/mol. The molecule has 10 nitrogen and oxygen atoms in total. The van der Waals surface area contributed by atoms with Gasteiger partial charge in [0.05, 0.1) is 16.9 Å². The molecule has 0 radical (unpaired) electrons. The molecule has 296 valence electrons. The second-order valence-corrected chi connectivity index (χ2v) is 19.0. The number of anilines is 1. The molecule has 0 fully saturated rings. The van der Waals surface area contributed by atoms with E-state index in [1.165, 1.54) is 0 Å². The minimum atomic E-state index is -4.15.